The Kier molecular flexibility index (Phi) is 6.30. The van der Waals surface area contributed by atoms with Gasteiger partial charge in [-0.05, 0) is 38.0 Å². The average Bonchev–Trinajstić information content (AvgIpc) is 2.45. The van der Waals surface area contributed by atoms with Gasteiger partial charge < -0.3 is 14.8 Å². The number of benzene rings is 1. The van der Waals surface area contributed by atoms with Crippen LogP contribution in [0.1, 0.15) is 33.6 Å². The minimum Gasteiger partial charge on any atom is -0.492 e. The van der Waals surface area contributed by atoms with Crippen LogP contribution >= 0.6 is 11.6 Å². The third-order valence-electron chi connectivity index (χ3n) is 3.26. The lowest BCUT2D eigenvalue weighted by atomic mass is 10.0. The molecule has 1 rings (SSSR count). The molecule has 1 aromatic rings. The highest BCUT2D eigenvalue weighted by Gasteiger charge is 2.30. The summed E-state index contributed by atoms with van der Waals surface area (Å²) in [7, 11) is 1.53. The zero-order valence-corrected chi connectivity index (χ0v) is 13.2. The smallest absolute Gasteiger partial charge is 0.256 e. The number of hydrogen-bond donors (Lipinski definition) is 1. The van der Waals surface area contributed by atoms with Gasteiger partial charge in [-0.1, -0.05) is 25.4 Å². The lowest BCUT2D eigenvalue weighted by Crippen LogP contribution is -2.41. The lowest BCUT2D eigenvalue weighted by molar-refractivity contribution is -0.136. The first-order chi connectivity index (χ1) is 9.46. The molecule has 0 heterocycles. The van der Waals surface area contributed by atoms with Crippen LogP contribution in [0.2, 0.25) is 5.02 Å². The van der Waals surface area contributed by atoms with Crippen molar-refractivity contribution in [2.45, 2.75) is 39.2 Å². The maximum Gasteiger partial charge on any atom is 0.256 e. The largest absolute Gasteiger partial charge is 0.492 e. The predicted molar refractivity (Wildman–Crippen MR) is 81.6 cm³/mol. The van der Waals surface area contributed by atoms with E-state index < -0.39 is 5.60 Å². The van der Waals surface area contributed by atoms with E-state index in [4.69, 9.17) is 21.1 Å². The van der Waals surface area contributed by atoms with Gasteiger partial charge in [0.15, 0.2) is 0 Å². The first-order valence-corrected chi connectivity index (χ1v) is 7.13. The van der Waals surface area contributed by atoms with Crippen molar-refractivity contribution in [3.8, 4) is 5.75 Å². The molecule has 4 nitrogen and oxygen atoms in total. The molecule has 0 saturated carbocycles. The van der Waals surface area contributed by atoms with E-state index in [0.29, 0.717) is 29.5 Å². The Morgan fingerprint density at radius 3 is 2.60 bits per heavy atom. The minimum absolute atomic E-state index is 0.194. The van der Waals surface area contributed by atoms with Crippen LogP contribution in [0.25, 0.3) is 0 Å². The Bertz CT molecular complexity index is 458. The van der Waals surface area contributed by atoms with Crippen molar-refractivity contribution in [3.63, 3.8) is 0 Å². The van der Waals surface area contributed by atoms with E-state index in [-0.39, 0.29) is 5.91 Å². The van der Waals surface area contributed by atoms with Crippen LogP contribution in [-0.2, 0) is 9.53 Å². The van der Waals surface area contributed by atoms with E-state index in [1.807, 2.05) is 13.8 Å². The molecule has 112 valence electrons. The fourth-order valence-electron chi connectivity index (χ4n) is 1.57. The molecule has 0 radical (unpaired) electrons. The van der Waals surface area contributed by atoms with Gasteiger partial charge in [-0.15, -0.1) is 0 Å². The van der Waals surface area contributed by atoms with Crippen LogP contribution in [0.5, 0.6) is 5.75 Å². The number of ether oxygens (including phenoxy) is 2. The van der Waals surface area contributed by atoms with Gasteiger partial charge in [0.25, 0.3) is 5.91 Å². The van der Waals surface area contributed by atoms with E-state index in [1.165, 1.54) is 7.11 Å². The molecule has 1 amide bonds. The maximum absolute atomic E-state index is 12.2. The summed E-state index contributed by atoms with van der Waals surface area (Å²) in [4.78, 5) is 12.2. The normalized spacial score (nSPS) is 13.7. The summed E-state index contributed by atoms with van der Waals surface area (Å²) < 4.78 is 10.7. The fraction of sp³-hybridized carbons (Fsp3) is 0.533. The Labute approximate surface area is 125 Å². The van der Waals surface area contributed by atoms with Crippen LogP contribution in [-0.4, -0.2) is 25.2 Å². The molecule has 5 heteroatoms. The molecule has 1 atom stereocenters. The van der Waals surface area contributed by atoms with Gasteiger partial charge in [0.1, 0.15) is 11.4 Å². The highest BCUT2D eigenvalue weighted by molar-refractivity contribution is 6.32. The number of hydrogen-bond acceptors (Lipinski definition) is 3. The number of nitrogens with one attached hydrogen (secondary N) is 1. The number of methoxy groups -OCH3 is 1. The Hall–Kier alpha value is -1.26. The van der Waals surface area contributed by atoms with Crippen molar-refractivity contribution in [1.82, 2.24) is 0 Å². The van der Waals surface area contributed by atoms with E-state index in [1.54, 1.807) is 25.1 Å². The molecule has 0 bridgehead atoms. The maximum atomic E-state index is 12.2. The predicted octanol–water partition coefficient (Wildman–Crippen LogP) is 3.88. The molecule has 0 aliphatic carbocycles. The summed E-state index contributed by atoms with van der Waals surface area (Å²) in [5, 5.41) is 3.28. The molecular formula is C15H22ClNO3. The zero-order valence-electron chi connectivity index (χ0n) is 12.5. The van der Waals surface area contributed by atoms with Crippen LogP contribution in [0.3, 0.4) is 0 Å². The molecule has 0 saturated heterocycles. The second-order valence-corrected chi connectivity index (χ2v) is 5.14. The van der Waals surface area contributed by atoms with Crippen molar-refractivity contribution in [2.24, 2.45) is 0 Å². The lowest BCUT2D eigenvalue weighted by Gasteiger charge is -2.25. The van der Waals surface area contributed by atoms with Crippen LogP contribution < -0.4 is 10.1 Å². The number of amides is 1. The molecule has 0 unspecified atom stereocenters. The van der Waals surface area contributed by atoms with Gasteiger partial charge in [-0.2, -0.15) is 0 Å². The van der Waals surface area contributed by atoms with E-state index in [2.05, 4.69) is 5.32 Å². The third-order valence-corrected chi connectivity index (χ3v) is 3.55. The molecule has 0 aliphatic rings. The standard InChI is InChI=1S/C15H22ClNO3/c1-5-9-20-13-8-7-11(10-12(13)16)17-14(18)15(3,6-2)19-4/h7-8,10H,5-6,9H2,1-4H3,(H,17,18)/t15-/m1/s1. The van der Waals surface area contributed by atoms with Crippen molar-refractivity contribution in [1.29, 1.82) is 0 Å². The number of carbonyl (C=O) groups excluding carboxylic acids is 1. The third kappa shape index (κ3) is 4.12. The van der Waals surface area contributed by atoms with Crippen molar-refractivity contribution in [3.05, 3.63) is 23.2 Å². The van der Waals surface area contributed by atoms with E-state index >= 15 is 0 Å². The minimum atomic E-state index is -0.843. The molecule has 0 aromatic heterocycles. The van der Waals surface area contributed by atoms with Gasteiger partial charge in [0.2, 0.25) is 0 Å². The zero-order chi connectivity index (χ0) is 15.2. The average molecular weight is 300 g/mol. The second kappa shape index (κ2) is 7.50. The summed E-state index contributed by atoms with van der Waals surface area (Å²) in [5.74, 6) is 0.428. The molecule has 0 spiro atoms. The van der Waals surface area contributed by atoms with Crippen LogP contribution in [0, 0.1) is 0 Å². The van der Waals surface area contributed by atoms with Gasteiger partial charge in [-0.25, -0.2) is 0 Å². The first-order valence-electron chi connectivity index (χ1n) is 6.75. The summed E-state index contributed by atoms with van der Waals surface area (Å²) >= 11 is 6.12. The van der Waals surface area contributed by atoms with Gasteiger partial charge in [-0.3, -0.25) is 4.79 Å². The summed E-state index contributed by atoms with van der Waals surface area (Å²) in [6.45, 7) is 6.29. The Balaban J connectivity index is 2.79. The summed E-state index contributed by atoms with van der Waals surface area (Å²) in [6.07, 6.45) is 1.50. The van der Waals surface area contributed by atoms with E-state index in [0.717, 1.165) is 6.42 Å². The summed E-state index contributed by atoms with van der Waals surface area (Å²) in [6, 6.07) is 5.19. The molecule has 0 fully saturated rings. The first kappa shape index (κ1) is 16.8. The highest BCUT2D eigenvalue weighted by atomic mass is 35.5. The van der Waals surface area contributed by atoms with E-state index in [9.17, 15) is 4.79 Å². The van der Waals surface area contributed by atoms with Gasteiger partial charge in [0.05, 0.1) is 11.6 Å². The van der Waals surface area contributed by atoms with Crippen LogP contribution in [0.15, 0.2) is 18.2 Å². The van der Waals surface area contributed by atoms with Gasteiger partial charge >= 0.3 is 0 Å². The Morgan fingerprint density at radius 1 is 1.40 bits per heavy atom. The quantitative estimate of drug-likeness (QED) is 0.831. The molecule has 20 heavy (non-hydrogen) atoms. The number of rotatable bonds is 7. The summed E-state index contributed by atoms with van der Waals surface area (Å²) in [5.41, 5.74) is -0.218. The topological polar surface area (TPSA) is 47.6 Å². The molecule has 0 aliphatic heterocycles. The Morgan fingerprint density at radius 2 is 2.10 bits per heavy atom. The number of anilines is 1. The number of halogens is 1. The van der Waals surface area contributed by atoms with Crippen LogP contribution in [0.4, 0.5) is 5.69 Å². The molecule has 1 aromatic carbocycles. The van der Waals surface area contributed by atoms with Crippen molar-refractivity contribution >= 4 is 23.2 Å². The SMILES string of the molecule is CCCOc1ccc(NC(=O)[C@@](C)(CC)OC)cc1Cl. The number of carbonyl (C=O) groups is 1. The highest BCUT2D eigenvalue weighted by Crippen LogP contribution is 2.28. The second-order valence-electron chi connectivity index (χ2n) is 4.74. The van der Waals surface area contributed by atoms with Gasteiger partial charge in [0, 0.05) is 12.8 Å². The van der Waals surface area contributed by atoms with Crippen molar-refractivity contribution in [2.75, 3.05) is 19.0 Å². The monoisotopic (exact) mass is 299 g/mol. The van der Waals surface area contributed by atoms with Crippen molar-refractivity contribution < 1.29 is 14.3 Å². The fourth-order valence-corrected chi connectivity index (χ4v) is 1.80. The molecular weight excluding hydrogens is 278 g/mol. The molecule has 1 N–H and O–H groups in total.